The van der Waals surface area contributed by atoms with Crippen LogP contribution in [0.3, 0.4) is 0 Å². The Kier molecular flexibility index (Phi) is 4.07. The third-order valence-corrected chi connectivity index (χ3v) is 4.17. The Labute approximate surface area is 115 Å². The minimum Gasteiger partial charge on any atom is -0.480 e. The molecule has 1 fully saturated rings. The molecule has 0 radical (unpaired) electrons. The molecule has 0 aromatic carbocycles. The zero-order valence-electron chi connectivity index (χ0n) is 10.7. The van der Waals surface area contributed by atoms with E-state index in [1.54, 1.807) is 0 Å². The van der Waals surface area contributed by atoms with Gasteiger partial charge in [-0.15, -0.1) is 0 Å². The number of aryl methyl sites for hydroxylation is 2. The lowest BCUT2D eigenvalue weighted by Crippen LogP contribution is -2.32. The normalized spacial score (nSPS) is 15.3. The van der Waals surface area contributed by atoms with Gasteiger partial charge in [0.25, 0.3) is 0 Å². The van der Waals surface area contributed by atoms with Crippen LogP contribution in [0.4, 0.5) is 0 Å². The Morgan fingerprint density at radius 1 is 1.61 bits per heavy atom. The molecule has 1 aliphatic rings. The molecular weight excluding hydrogens is 298 g/mol. The molecule has 1 N–H and O–H groups in total. The molecular formula is C12H18BrN3O2. The van der Waals surface area contributed by atoms with Crippen LogP contribution >= 0.6 is 15.9 Å². The Balaban J connectivity index is 2.15. The fraction of sp³-hybridized carbons (Fsp3) is 0.667. The summed E-state index contributed by atoms with van der Waals surface area (Å²) in [6.07, 6.45) is 3.07. The second-order valence-corrected chi connectivity index (χ2v) is 5.51. The average molecular weight is 316 g/mol. The highest BCUT2D eigenvalue weighted by atomic mass is 79.9. The fourth-order valence-corrected chi connectivity index (χ4v) is 2.85. The summed E-state index contributed by atoms with van der Waals surface area (Å²) in [5.74, 6) is -0.768. The lowest BCUT2D eigenvalue weighted by atomic mass is 10.3. The summed E-state index contributed by atoms with van der Waals surface area (Å²) < 4.78 is 2.86. The Morgan fingerprint density at radius 3 is 2.72 bits per heavy atom. The van der Waals surface area contributed by atoms with E-state index in [-0.39, 0.29) is 6.54 Å². The quantitative estimate of drug-likeness (QED) is 0.869. The molecule has 0 unspecified atom stereocenters. The van der Waals surface area contributed by atoms with E-state index in [1.165, 1.54) is 0 Å². The summed E-state index contributed by atoms with van der Waals surface area (Å²) in [7, 11) is 1.91. The van der Waals surface area contributed by atoms with Crippen molar-refractivity contribution in [3.05, 3.63) is 15.9 Å². The van der Waals surface area contributed by atoms with Gasteiger partial charge in [0.2, 0.25) is 0 Å². The second-order valence-electron chi connectivity index (χ2n) is 4.71. The molecule has 0 saturated heterocycles. The third-order valence-electron chi connectivity index (χ3n) is 3.26. The summed E-state index contributed by atoms with van der Waals surface area (Å²) >= 11 is 3.57. The monoisotopic (exact) mass is 315 g/mol. The van der Waals surface area contributed by atoms with Crippen molar-refractivity contribution in [1.29, 1.82) is 0 Å². The lowest BCUT2D eigenvalue weighted by Gasteiger charge is -2.19. The molecule has 0 spiro atoms. The van der Waals surface area contributed by atoms with Gasteiger partial charge in [-0.1, -0.05) is 6.92 Å². The summed E-state index contributed by atoms with van der Waals surface area (Å²) in [6.45, 7) is 2.80. The first kappa shape index (κ1) is 13.5. The summed E-state index contributed by atoms with van der Waals surface area (Å²) in [5, 5.41) is 13.4. The van der Waals surface area contributed by atoms with E-state index in [1.807, 2.05) is 16.6 Å². The van der Waals surface area contributed by atoms with Crippen molar-refractivity contribution in [2.24, 2.45) is 7.05 Å². The number of nitrogens with zero attached hydrogens (tertiary/aromatic N) is 3. The second kappa shape index (κ2) is 5.40. The van der Waals surface area contributed by atoms with Crippen molar-refractivity contribution in [1.82, 2.24) is 14.7 Å². The maximum atomic E-state index is 10.9. The van der Waals surface area contributed by atoms with Gasteiger partial charge in [0.15, 0.2) is 0 Å². The van der Waals surface area contributed by atoms with E-state index < -0.39 is 5.97 Å². The molecule has 1 aliphatic carbocycles. The number of aromatic nitrogens is 2. The largest absolute Gasteiger partial charge is 0.480 e. The minimum absolute atomic E-state index is 0.101. The topological polar surface area (TPSA) is 58.4 Å². The molecule has 0 atom stereocenters. The first-order chi connectivity index (χ1) is 8.52. The number of halogens is 1. The Hall–Kier alpha value is -0.880. The first-order valence-corrected chi connectivity index (χ1v) is 6.98. The zero-order valence-corrected chi connectivity index (χ0v) is 12.3. The number of carboxylic acid groups (broad SMARTS) is 1. The lowest BCUT2D eigenvalue weighted by molar-refractivity contribution is -0.138. The molecule has 1 aromatic heterocycles. The van der Waals surface area contributed by atoms with E-state index in [9.17, 15) is 4.79 Å². The fourth-order valence-electron chi connectivity index (χ4n) is 2.11. The smallest absolute Gasteiger partial charge is 0.317 e. The van der Waals surface area contributed by atoms with E-state index in [2.05, 4.69) is 28.0 Å². The summed E-state index contributed by atoms with van der Waals surface area (Å²) in [5.41, 5.74) is 2.08. The van der Waals surface area contributed by atoms with E-state index in [0.29, 0.717) is 12.6 Å². The molecule has 1 aromatic rings. The van der Waals surface area contributed by atoms with Gasteiger partial charge in [-0.3, -0.25) is 14.4 Å². The molecule has 2 rings (SSSR count). The van der Waals surface area contributed by atoms with Crippen LogP contribution in [0.5, 0.6) is 0 Å². The minimum atomic E-state index is -0.768. The number of hydrogen-bond acceptors (Lipinski definition) is 3. The Bertz CT molecular complexity index is 454. The third kappa shape index (κ3) is 2.92. The highest BCUT2D eigenvalue weighted by molar-refractivity contribution is 9.10. The predicted molar refractivity (Wildman–Crippen MR) is 71.4 cm³/mol. The van der Waals surface area contributed by atoms with E-state index >= 15 is 0 Å². The van der Waals surface area contributed by atoms with Crippen LogP contribution in [0.2, 0.25) is 0 Å². The van der Waals surface area contributed by atoms with Crippen LogP contribution in [-0.2, 0) is 24.8 Å². The average Bonchev–Trinajstić information content (AvgIpc) is 3.10. The molecule has 0 bridgehead atoms. The van der Waals surface area contributed by atoms with Gasteiger partial charge in [0, 0.05) is 19.6 Å². The zero-order chi connectivity index (χ0) is 13.3. The van der Waals surface area contributed by atoms with Crippen LogP contribution in [-0.4, -0.2) is 38.3 Å². The van der Waals surface area contributed by atoms with Crippen LogP contribution in [0.1, 0.15) is 31.2 Å². The van der Waals surface area contributed by atoms with Crippen molar-refractivity contribution in [3.8, 4) is 0 Å². The number of rotatable bonds is 6. The molecule has 0 aliphatic heterocycles. The number of aliphatic carboxylic acids is 1. The maximum Gasteiger partial charge on any atom is 0.317 e. The summed E-state index contributed by atoms with van der Waals surface area (Å²) in [4.78, 5) is 12.9. The van der Waals surface area contributed by atoms with Crippen LogP contribution in [0, 0.1) is 0 Å². The van der Waals surface area contributed by atoms with Crippen molar-refractivity contribution in [3.63, 3.8) is 0 Å². The van der Waals surface area contributed by atoms with Crippen molar-refractivity contribution in [2.45, 2.75) is 38.8 Å². The molecule has 6 heteroatoms. The SMILES string of the molecule is CCc1nn(C)c(CN(CC(=O)O)C2CC2)c1Br. The number of carboxylic acids is 1. The molecule has 18 heavy (non-hydrogen) atoms. The highest BCUT2D eigenvalue weighted by Gasteiger charge is 2.31. The van der Waals surface area contributed by atoms with Crippen molar-refractivity contribution < 1.29 is 9.90 Å². The van der Waals surface area contributed by atoms with Gasteiger partial charge in [-0.25, -0.2) is 0 Å². The van der Waals surface area contributed by atoms with Gasteiger partial charge in [-0.05, 0) is 35.2 Å². The molecule has 1 heterocycles. The first-order valence-electron chi connectivity index (χ1n) is 6.19. The summed E-state index contributed by atoms with van der Waals surface area (Å²) in [6, 6.07) is 0.424. The molecule has 100 valence electrons. The molecule has 1 saturated carbocycles. The maximum absolute atomic E-state index is 10.9. The van der Waals surface area contributed by atoms with Crippen molar-refractivity contribution in [2.75, 3.05) is 6.54 Å². The number of hydrogen-bond donors (Lipinski definition) is 1. The van der Waals surface area contributed by atoms with Gasteiger partial charge in [0.1, 0.15) is 0 Å². The van der Waals surface area contributed by atoms with Crippen molar-refractivity contribution >= 4 is 21.9 Å². The molecule has 5 nitrogen and oxygen atoms in total. The van der Waals surface area contributed by atoms with E-state index in [0.717, 1.165) is 35.1 Å². The highest BCUT2D eigenvalue weighted by Crippen LogP contribution is 2.30. The van der Waals surface area contributed by atoms with Gasteiger partial charge >= 0.3 is 5.97 Å². The van der Waals surface area contributed by atoms with Gasteiger partial charge < -0.3 is 5.11 Å². The van der Waals surface area contributed by atoms with Crippen LogP contribution < -0.4 is 0 Å². The van der Waals surface area contributed by atoms with Crippen LogP contribution in [0.15, 0.2) is 4.47 Å². The van der Waals surface area contributed by atoms with Gasteiger partial charge in [-0.2, -0.15) is 5.10 Å². The molecule has 0 amide bonds. The van der Waals surface area contributed by atoms with Gasteiger partial charge in [0.05, 0.1) is 22.4 Å². The van der Waals surface area contributed by atoms with E-state index in [4.69, 9.17) is 5.11 Å². The van der Waals surface area contributed by atoms with Crippen LogP contribution in [0.25, 0.3) is 0 Å². The predicted octanol–water partition coefficient (Wildman–Crippen LogP) is 1.79. The Morgan fingerprint density at radius 2 is 2.28 bits per heavy atom. The number of carbonyl (C=O) groups is 1. The standard InChI is InChI=1S/C12H18BrN3O2/c1-3-9-12(13)10(15(2)14-9)6-16(7-11(17)18)8-4-5-8/h8H,3-7H2,1-2H3,(H,17,18).